The number of hydrogen-bond acceptors (Lipinski definition) is 4. The van der Waals surface area contributed by atoms with Crippen LogP contribution in [0.5, 0.6) is 0 Å². The third-order valence-electron chi connectivity index (χ3n) is 4.44. The first kappa shape index (κ1) is 19.3. The van der Waals surface area contributed by atoms with Crippen molar-refractivity contribution in [3.8, 4) is 6.07 Å². The van der Waals surface area contributed by atoms with E-state index in [0.717, 1.165) is 5.56 Å². The minimum Gasteiger partial charge on any atom is -0.346 e. The Morgan fingerprint density at radius 1 is 1.36 bits per heavy atom. The van der Waals surface area contributed by atoms with E-state index in [1.165, 1.54) is 4.57 Å². The molecule has 0 aliphatic heterocycles. The fourth-order valence-electron chi connectivity index (χ4n) is 2.90. The number of aromatic nitrogens is 2. The van der Waals surface area contributed by atoms with Crippen molar-refractivity contribution in [1.29, 1.82) is 5.26 Å². The average molecular weight is 390 g/mol. The van der Waals surface area contributed by atoms with Crippen LogP contribution in [0.2, 0.25) is 0 Å². The number of rotatable bonds is 5. The van der Waals surface area contributed by atoms with Gasteiger partial charge in [-0.25, -0.2) is 0 Å². The minimum atomic E-state index is -0.270. The van der Waals surface area contributed by atoms with Crippen LogP contribution in [-0.4, -0.2) is 15.5 Å². The lowest BCUT2D eigenvalue weighted by Gasteiger charge is -2.15. The number of amides is 1. The Hall–Kier alpha value is -3.50. The van der Waals surface area contributed by atoms with Gasteiger partial charge in [-0.2, -0.15) is 5.26 Å². The lowest BCUT2D eigenvalue weighted by Crippen LogP contribution is -2.27. The van der Waals surface area contributed by atoms with Gasteiger partial charge in [0.1, 0.15) is 0 Å². The summed E-state index contributed by atoms with van der Waals surface area (Å²) in [4.78, 5) is 28.2. The van der Waals surface area contributed by atoms with E-state index < -0.39 is 0 Å². The standard InChI is InChI=1S/C21H18N4O2S/c1-3-10-25-20(27)17-9-8-16(11-18(17)24-21(25)28)19(26)23-13(2)15-6-4-14(12-22)5-7-15/h3-9,11,13H,1,10H2,2H3,(H,23,26)(H,24,28). The van der Waals surface area contributed by atoms with Gasteiger partial charge in [-0.1, -0.05) is 18.2 Å². The number of carbonyl (C=O) groups is 1. The molecule has 0 saturated heterocycles. The number of benzene rings is 2. The second-order valence-electron chi connectivity index (χ2n) is 6.32. The number of allylic oxidation sites excluding steroid dienone is 1. The van der Waals surface area contributed by atoms with E-state index >= 15 is 0 Å². The molecule has 0 radical (unpaired) electrons. The monoisotopic (exact) mass is 390 g/mol. The molecule has 1 heterocycles. The van der Waals surface area contributed by atoms with Crippen molar-refractivity contribution in [3.63, 3.8) is 0 Å². The van der Waals surface area contributed by atoms with Gasteiger partial charge >= 0.3 is 0 Å². The minimum absolute atomic E-state index is 0.225. The van der Waals surface area contributed by atoms with Gasteiger partial charge in [0, 0.05) is 12.1 Å². The predicted octanol–water partition coefficient (Wildman–Crippen LogP) is 3.61. The van der Waals surface area contributed by atoms with Crippen molar-refractivity contribution in [3.05, 3.63) is 86.9 Å². The highest BCUT2D eigenvalue weighted by molar-refractivity contribution is 7.71. The number of fused-ring (bicyclic) bond motifs is 1. The van der Waals surface area contributed by atoms with Gasteiger partial charge in [0.05, 0.1) is 28.6 Å². The van der Waals surface area contributed by atoms with Crippen LogP contribution >= 0.6 is 12.2 Å². The molecule has 0 fully saturated rings. The molecule has 2 N–H and O–H groups in total. The average Bonchev–Trinajstić information content (AvgIpc) is 2.70. The normalized spacial score (nSPS) is 11.6. The second-order valence-corrected chi connectivity index (χ2v) is 6.71. The number of nitrogens with zero attached hydrogens (tertiary/aromatic N) is 2. The Labute approximate surface area is 166 Å². The molecule has 1 amide bonds. The maximum absolute atomic E-state index is 12.6. The first-order valence-electron chi connectivity index (χ1n) is 8.63. The number of nitriles is 1. The molecule has 0 spiro atoms. The summed E-state index contributed by atoms with van der Waals surface area (Å²) in [6.45, 7) is 5.81. The number of H-pyrrole nitrogens is 1. The van der Waals surface area contributed by atoms with Crippen molar-refractivity contribution in [2.45, 2.75) is 19.5 Å². The molecule has 0 bridgehead atoms. The van der Waals surface area contributed by atoms with E-state index in [2.05, 4.69) is 22.9 Å². The van der Waals surface area contributed by atoms with Crippen LogP contribution < -0.4 is 10.9 Å². The van der Waals surface area contributed by atoms with E-state index in [1.54, 1.807) is 36.4 Å². The van der Waals surface area contributed by atoms with Gasteiger partial charge in [0.2, 0.25) is 0 Å². The van der Waals surface area contributed by atoms with Crippen LogP contribution in [0, 0.1) is 16.1 Å². The second kappa shape index (κ2) is 8.03. The predicted molar refractivity (Wildman–Crippen MR) is 111 cm³/mol. The topological polar surface area (TPSA) is 90.7 Å². The van der Waals surface area contributed by atoms with Gasteiger partial charge in [0.25, 0.3) is 11.5 Å². The van der Waals surface area contributed by atoms with E-state index in [4.69, 9.17) is 17.5 Å². The summed E-state index contributed by atoms with van der Waals surface area (Å²) in [6, 6.07) is 13.7. The van der Waals surface area contributed by atoms with Crippen LogP contribution in [0.4, 0.5) is 0 Å². The van der Waals surface area contributed by atoms with E-state index in [9.17, 15) is 9.59 Å². The first-order valence-corrected chi connectivity index (χ1v) is 9.04. The van der Waals surface area contributed by atoms with Gasteiger partial charge in [-0.05, 0) is 55.0 Å². The Kier molecular flexibility index (Phi) is 5.52. The summed E-state index contributed by atoms with van der Waals surface area (Å²) in [5.41, 5.74) is 2.15. The molecule has 3 aromatic rings. The van der Waals surface area contributed by atoms with Gasteiger partial charge in [0.15, 0.2) is 4.77 Å². The third kappa shape index (κ3) is 3.77. The van der Waals surface area contributed by atoms with Gasteiger partial charge in [-0.15, -0.1) is 6.58 Å². The van der Waals surface area contributed by atoms with Crippen LogP contribution in [0.25, 0.3) is 10.9 Å². The maximum Gasteiger partial charge on any atom is 0.262 e. The lowest BCUT2D eigenvalue weighted by molar-refractivity contribution is 0.0940. The van der Waals surface area contributed by atoms with Gasteiger partial charge in [-0.3, -0.25) is 14.2 Å². The fraction of sp³-hybridized carbons (Fsp3) is 0.143. The first-order chi connectivity index (χ1) is 13.4. The number of carbonyl (C=O) groups excluding carboxylic acids is 1. The quantitative estimate of drug-likeness (QED) is 0.514. The third-order valence-corrected chi connectivity index (χ3v) is 4.77. The Bertz CT molecular complexity index is 1220. The highest BCUT2D eigenvalue weighted by atomic mass is 32.1. The van der Waals surface area contributed by atoms with Crippen molar-refractivity contribution >= 4 is 29.0 Å². The van der Waals surface area contributed by atoms with Gasteiger partial charge < -0.3 is 10.3 Å². The maximum atomic E-state index is 12.6. The Balaban J connectivity index is 1.88. The molecule has 1 atom stereocenters. The lowest BCUT2D eigenvalue weighted by atomic mass is 10.1. The summed E-state index contributed by atoms with van der Waals surface area (Å²) < 4.78 is 1.69. The molecular formula is C21H18N4O2S. The zero-order valence-electron chi connectivity index (χ0n) is 15.2. The molecule has 2 aromatic carbocycles. The van der Waals surface area contributed by atoms with Crippen molar-refractivity contribution in [2.75, 3.05) is 0 Å². The van der Waals surface area contributed by atoms with Crippen molar-refractivity contribution in [2.24, 2.45) is 0 Å². The van der Waals surface area contributed by atoms with E-state index in [1.807, 2.05) is 19.1 Å². The molecule has 1 unspecified atom stereocenters. The van der Waals surface area contributed by atoms with Crippen molar-refractivity contribution < 1.29 is 4.79 Å². The van der Waals surface area contributed by atoms with Crippen LogP contribution in [0.3, 0.4) is 0 Å². The summed E-state index contributed by atoms with van der Waals surface area (Å²) >= 11 is 5.23. The molecule has 3 rings (SSSR count). The number of hydrogen-bond donors (Lipinski definition) is 2. The smallest absolute Gasteiger partial charge is 0.262 e. The molecule has 6 nitrogen and oxygen atoms in total. The molecular weight excluding hydrogens is 372 g/mol. The number of nitrogens with one attached hydrogen (secondary N) is 2. The highest BCUT2D eigenvalue weighted by Gasteiger charge is 2.13. The van der Waals surface area contributed by atoms with Crippen molar-refractivity contribution in [1.82, 2.24) is 14.9 Å². The summed E-state index contributed by atoms with van der Waals surface area (Å²) in [5, 5.41) is 12.2. The zero-order chi connectivity index (χ0) is 20.3. The summed E-state index contributed by atoms with van der Waals surface area (Å²) in [6.07, 6.45) is 1.60. The zero-order valence-corrected chi connectivity index (χ0v) is 16.0. The van der Waals surface area contributed by atoms with Crippen LogP contribution in [0.1, 0.15) is 34.5 Å². The SMILES string of the molecule is C=CCn1c(=S)[nH]c2cc(C(=O)NC(C)c3ccc(C#N)cc3)ccc2c1=O. The fourth-order valence-corrected chi connectivity index (χ4v) is 3.17. The molecule has 7 heteroatoms. The molecule has 1 aromatic heterocycles. The highest BCUT2D eigenvalue weighted by Crippen LogP contribution is 2.16. The summed E-state index contributed by atoms with van der Waals surface area (Å²) in [7, 11) is 0. The van der Waals surface area contributed by atoms with E-state index in [0.29, 0.717) is 28.6 Å². The largest absolute Gasteiger partial charge is 0.346 e. The molecule has 0 aliphatic carbocycles. The molecule has 28 heavy (non-hydrogen) atoms. The number of aromatic amines is 1. The Morgan fingerprint density at radius 2 is 2.07 bits per heavy atom. The molecule has 140 valence electrons. The van der Waals surface area contributed by atoms with E-state index in [-0.39, 0.29) is 22.3 Å². The van der Waals surface area contributed by atoms with Crippen LogP contribution in [-0.2, 0) is 6.54 Å². The Morgan fingerprint density at radius 3 is 2.71 bits per heavy atom. The van der Waals surface area contributed by atoms with Crippen LogP contribution in [0.15, 0.2) is 59.9 Å². The summed E-state index contributed by atoms with van der Waals surface area (Å²) in [5.74, 6) is -0.270. The molecule has 0 saturated carbocycles. The molecule has 0 aliphatic rings.